The Labute approximate surface area is 232 Å². The smallest absolute Gasteiger partial charge is 0.294 e. The summed E-state index contributed by atoms with van der Waals surface area (Å²) in [6.07, 6.45) is 3.50. The molecule has 2 heterocycles. The predicted octanol–water partition coefficient (Wildman–Crippen LogP) is 7.12. The number of carbonyl (C=O) groups is 3. The molecule has 1 fully saturated rings. The molecule has 1 aliphatic heterocycles. The van der Waals surface area contributed by atoms with Crippen LogP contribution in [0.15, 0.2) is 71.8 Å². The van der Waals surface area contributed by atoms with Crippen LogP contribution < -0.4 is 5.32 Å². The minimum absolute atomic E-state index is 0.212. The number of aromatic nitrogens is 1. The van der Waals surface area contributed by atoms with E-state index in [9.17, 15) is 18.8 Å². The minimum Gasteiger partial charge on any atom is -0.342 e. The SMILES string of the molecule is Cc1ccc(NC(=O)CN2C(=O)S/C(=C\c3cn(Cc4ccc(F)cc4Cl)c4ccccc34)C2=O)cc1Cl. The highest BCUT2D eigenvalue weighted by Gasteiger charge is 2.36. The zero-order valence-electron chi connectivity index (χ0n) is 20.0. The third-order valence-corrected chi connectivity index (χ3v) is 7.76. The van der Waals surface area contributed by atoms with E-state index in [1.165, 1.54) is 12.1 Å². The largest absolute Gasteiger partial charge is 0.342 e. The number of anilines is 1. The molecule has 38 heavy (non-hydrogen) atoms. The Bertz CT molecular complexity index is 1650. The molecule has 0 radical (unpaired) electrons. The number of imide groups is 1. The van der Waals surface area contributed by atoms with Crippen LogP contribution in [-0.2, 0) is 16.1 Å². The van der Waals surface area contributed by atoms with Gasteiger partial charge < -0.3 is 9.88 Å². The fourth-order valence-corrected chi connectivity index (χ4v) is 5.38. The normalized spacial score (nSPS) is 14.6. The van der Waals surface area contributed by atoms with Crippen molar-refractivity contribution in [2.75, 3.05) is 11.9 Å². The molecule has 192 valence electrons. The van der Waals surface area contributed by atoms with Crippen LogP contribution in [0.25, 0.3) is 17.0 Å². The number of halogens is 3. The summed E-state index contributed by atoms with van der Waals surface area (Å²) in [6.45, 7) is 1.81. The van der Waals surface area contributed by atoms with E-state index in [4.69, 9.17) is 23.2 Å². The number of hydrogen-bond acceptors (Lipinski definition) is 4. The fourth-order valence-electron chi connectivity index (χ4n) is 4.15. The zero-order valence-corrected chi connectivity index (χ0v) is 22.3. The van der Waals surface area contributed by atoms with E-state index in [2.05, 4.69) is 5.32 Å². The third-order valence-electron chi connectivity index (χ3n) is 6.09. The van der Waals surface area contributed by atoms with E-state index in [0.717, 1.165) is 44.3 Å². The number of carbonyl (C=O) groups excluding carboxylic acids is 3. The Balaban J connectivity index is 1.37. The molecule has 1 aliphatic rings. The number of benzene rings is 3. The summed E-state index contributed by atoms with van der Waals surface area (Å²) >= 11 is 13.1. The summed E-state index contributed by atoms with van der Waals surface area (Å²) in [4.78, 5) is 39.4. The van der Waals surface area contributed by atoms with Crippen molar-refractivity contribution in [3.8, 4) is 0 Å². The van der Waals surface area contributed by atoms with Gasteiger partial charge >= 0.3 is 0 Å². The van der Waals surface area contributed by atoms with Crippen molar-refractivity contribution >= 4 is 74.7 Å². The second-order valence-electron chi connectivity index (χ2n) is 8.75. The lowest BCUT2D eigenvalue weighted by Crippen LogP contribution is -2.36. The highest BCUT2D eigenvalue weighted by atomic mass is 35.5. The van der Waals surface area contributed by atoms with Crippen LogP contribution in [0.3, 0.4) is 0 Å². The van der Waals surface area contributed by atoms with Crippen molar-refractivity contribution in [2.45, 2.75) is 13.5 Å². The molecule has 0 spiro atoms. The molecule has 6 nitrogen and oxygen atoms in total. The number of hydrogen-bond donors (Lipinski definition) is 1. The number of fused-ring (bicyclic) bond motifs is 1. The van der Waals surface area contributed by atoms with E-state index >= 15 is 0 Å². The van der Waals surface area contributed by atoms with Crippen molar-refractivity contribution in [2.24, 2.45) is 0 Å². The van der Waals surface area contributed by atoms with Crippen LogP contribution >= 0.6 is 35.0 Å². The summed E-state index contributed by atoms with van der Waals surface area (Å²) in [5.41, 5.74) is 3.68. The lowest BCUT2D eigenvalue weighted by atomic mass is 10.1. The Kier molecular flexibility index (Phi) is 7.29. The van der Waals surface area contributed by atoms with Crippen molar-refractivity contribution < 1.29 is 18.8 Å². The molecular weight excluding hydrogens is 548 g/mol. The number of para-hydroxylation sites is 1. The van der Waals surface area contributed by atoms with Crippen LogP contribution in [0, 0.1) is 12.7 Å². The van der Waals surface area contributed by atoms with E-state index in [1.807, 2.05) is 42.0 Å². The minimum atomic E-state index is -0.546. The van der Waals surface area contributed by atoms with Crippen LogP contribution in [-0.4, -0.2) is 33.1 Å². The van der Waals surface area contributed by atoms with Crippen LogP contribution in [0.2, 0.25) is 10.0 Å². The molecule has 3 amide bonds. The van der Waals surface area contributed by atoms with E-state index in [1.54, 1.807) is 30.3 Å². The first kappa shape index (κ1) is 26.0. The second-order valence-corrected chi connectivity index (χ2v) is 10.6. The van der Waals surface area contributed by atoms with Gasteiger partial charge in [-0.15, -0.1) is 0 Å². The first-order chi connectivity index (χ1) is 18.2. The number of rotatable bonds is 6. The Morgan fingerprint density at radius 1 is 1.05 bits per heavy atom. The van der Waals surface area contributed by atoms with Gasteiger partial charge in [0.1, 0.15) is 12.4 Å². The topological polar surface area (TPSA) is 71.4 Å². The van der Waals surface area contributed by atoms with E-state index in [0.29, 0.717) is 22.3 Å². The quantitative estimate of drug-likeness (QED) is 0.252. The van der Waals surface area contributed by atoms with Gasteiger partial charge in [-0.3, -0.25) is 19.3 Å². The van der Waals surface area contributed by atoms with Crippen LogP contribution in [0.1, 0.15) is 16.7 Å². The maximum absolute atomic E-state index is 13.5. The summed E-state index contributed by atoms with van der Waals surface area (Å²) in [5, 5.41) is 3.82. The van der Waals surface area contributed by atoms with Gasteiger partial charge in [-0.05, 0) is 66.2 Å². The first-order valence-electron chi connectivity index (χ1n) is 11.5. The molecule has 4 aromatic rings. The highest BCUT2D eigenvalue weighted by Crippen LogP contribution is 2.34. The van der Waals surface area contributed by atoms with Gasteiger partial charge in [0.15, 0.2) is 0 Å². The van der Waals surface area contributed by atoms with Gasteiger partial charge in [0.2, 0.25) is 5.91 Å². The molecule has 0 aliphatic carbocycles. The van der Waals surface area contributed by atoms with Gasteiger partial charge in [0.25, 0.3) is 11.1 Å². The molecule has 1 N–H and O–H groups in total. The average Bonchev–Trinajstić information content (AvgIpc) is 3.35. The summed E-state index contributed by atoms with van der Waals surface area (Å²) in [7, 11) is 0. The lowest BCUT2D eigenvalue weighted by Gasteiger charge is -2.12. The fraction of sp³-hybridized carbons (Fsp3) is 0.107. The van der Waals surface area contributed by atoms with Crippen LogP contribution in [0.5, 0.6) is 0 Å². The number of amides is 3. The Hall–Kier alpha value is -3.59. The van der Waals surface area contributed by atoms with Gasteiger partial charge in [0.05, 0.1) is 4.91 Å². The summed E-state index contributed by atoms with van der Waals surface area (Å²) in [5.74, 6) is -1.47. The third kappa shape index (κ3) is 5.34. The molecule has 0 bridgehead atoms. The molecule has 0 saturated carbocycles. The number of aryl methyl sites for hydroxylation is 1. The molecule has 1 aromatic heterocycles. The predicted molar refractivity (Wildman–Crippen MR) is 150 cm³/mol. The van der Waals surface area contributed by atoms with E-state index < -0.39 is 29.4 Å². The molecule has 10 heteroatoms. The maximum Gasteiger partial charge on any atom is 0.294 e. The van der Waals surface area contributed by atoms with Crippen molar-refractivity contribution in [3.63, 3.8) is 0 Å². The molecular formula is C28H20Cl2FN3O3S. The number of nitrogens with zero attached hydrogens (tertiary/aromatic N) is 2. The molecule has 5 rings (SSSR count). The molecule has 0 unspecified atom stereocenters. The van der Waals surface area contributed by atoms with Crippen LogP contribution in [0.4, 0.5) is 14.9 Å². The first-order valence-corrected chi connectivity index (χ1v) is 13.1. The standard InChI is InChI=1S/C28H20Cl2FN3O3S/c1-16-6-9-20(12-22(16)29)32-26(35)15-34-27(36)25(38-28(34)37)10-18-14-33(24-5-3-2-4-21(18)24)13-17-7-8-19(31)11-23(17)30/h2-12,14H,13,15H2,1H3,(H,32,35)/b25-10-. The molecule has 1 saturated heterocycles. The highest BCUT2D eigenvalue weighted by molar-refractivity contribution is 8.18. The van der Waals surface area contributed by atoms with E-state index in [-0.39, 0.29) is 4.91 Å². The summed E-state index contributed by atoms with van der Waals surface area (Å²) < 4.78 is 15.4. The second kappa shape index (κ2) is 10.6. The molecule has 0 atom stereocenters. The van der Waals surface area contributed by atoms with Gasteiger partial charge in [-0.25, -0.2) is 4.39 Å². The maximum atomic E-state index is 13.5. The Morgan fingerprint density at radius 3 is 2.61 bits per heavy atom. The Morgan fingerprint density at radius 2 is 1.84 bits per heavy atom. The number of nitrogens with one attached hydrogen (secondary N) is 1. The van der Waals surface area contributed by atoms with Gasteiger partial charge in [-0.2, -0.15) is 0 Å². The van der Waals surface area contributed by atoms with Crippen molar-refractivity contribution in [3.05, 3.63) is 104 Å². The van der Waals surface area contributed by atoms with Gasteiger partial charge in [-0.1, -0.05) is 53.5 Å². The van der Waals surface area contributed by atoms with Crippen molar-refractivity contribution in [1.29, 1.82) is 0 Å². The van der Waals surface area contributed by atoms with Crippen molar-refractivity contribution in [1.82, 2.24) is 9.47 Å². The van der Waals surface area contributed by atoms with Gasteiger partial charge in [0, 0.05) is 44.9 Å². The zero-order chi connectivity index (χ0) is 27.0. The lowest BCUT2D eigenvalue weighted by molar-refractivity contribution is -0.127. The summed E-state index contributed by atoms with van der Waals surface area (Å²) in [6, 6.07) is 16.9. The molecule has 3 aromatic carbocycles. The monoisotopic (exact) mass is 567 g/mol. The average molecular weight is 568 g/mol. The number of thioether (sulfide) groups is 1.